The summed E-state index contributed by atoms with van der Waals surface area (Å²) in [5.41, 5.74) is 1.85. The van der Waals surface area contributed by atoms with Gasteiger partial charge in [0.25, 0.3) is 5.91 Å². The number of aromatic nitrogens is 4. The van der Waals surface area contributed by atoms with Gasteiger partial charge in [-0.1, -0.05) is 32.4 Å². The molecule has 6 rings (SSSR count). The van der Waals surface area contributed by atoms with E-state index in [0.717, 1.165) is 38.5 Å². The molecule has 3 saturated carbocycles. The third-order valence-electron chi connectivity index (χ3n) is 12.3. The van der Waals surface area contributed by atoms with Crippen LogP contribution in [0.25, 0.3) is 0 Å². The fraction of sp³-hybridized carbons (Fsp3) is 0.806. The fourth-order valence-corrected chi connectivity index (χ4v) is 9.86. The van der Waals surface area contributed by atoms with Crippen LogP contribution in [0.2, 0.25) is 0 Å². The highest BCUT2D eigenvalue weighted by Crippen LogP contribution is 2.67. The summed E-state index contributed by atoms with van der Waals surface area (Å²) in [6.45, 7) is 8.59. The van der Waals surface area contributed by atoms with E-state index in [0.29, 0.717) is 49.9 Å². The molecule has 41 heavy (non-hydrogen) atoms. The van der Waals surface area contributed by atoms with E-state index in [1.807, 2.05) is 0 Å². The van der Waals surface area contributed by atoms with Crippen LogP contribution in [0.3, 0.4) is 0 Å². The number of allylic oxidation sites excluding steroid dienone is 1. The van der Waals surface area contributed by atoms with Crippen molar-refractivity contribution >= 4 is 17.6 Å². The van der Waals surface area contributed by atoms with Crippen molar-refractivity contribution in [2.75, 3.05) is 26.2 Å². The zero-order valence-corrected chi connectivity index (χ0v) is 25.1. The molecule has 8 atom stereocenters. The van der Waals surface area contributed by atoms with Crippen LogP contribution in [-0.4, -0.2) is 85.0 Å². The van der Waals surface area contributed by atoms with Crippen molar-refractivity contribution < 1.29 is 19.5 Å². The summed E-state index contributed by atoms with van der Waals surface area (Å²) >= 11 is 0. The molecule has 224 valence electrons. The maximum absolute atomic E-state index is 13.5. The van der Waals surface area contributed by atoms with Crippen LogP contribution >= 0.6 is 0 Å². The first kappa shape index (κ1) is 28.5. The normalized spacial score (nSPS) is 37.5. The molecule has 10 heteroatoms. The lowest BCUT2D eigenvalue weighted by Crippen LogP contribution is -2.52. The highest BCUT2D eigenvalue weighted by Gasteiger charge is 2.59. The molecule has 2 heterocycles. The number of ketones is 1. The average molecular weight is 567 g/mol. The molecule has 0 aromatic carbocycles. The first-order valence-corrected chi connectivity index (χ1v) is 15.7. The Morgan fingerprint density at radius 3 is 2.46 bits per heavy atom. The molecule has 1 aromatic heterocycles. The van der Waals surface area contributed by atoms with Crippen molar-refractivity contribution in [2.24, 2.45) is 47.5 Å². The maximum atomic E-state index is 13.5. The number of aliphatic hydroxyl groups excluding tert-OH is 1. The second-order valence-electron chi connectivity index (χ2n) is 14.1. The summed E-state index contributed by atoms with van der Waals surface area (Å²) in [5, 5.41) is 21.4. The molecule has 1 N–H and O–H groups in total. The Hall–Kier alpha value is -2.62. The van der Waals surface area contributed by atoms with Gasteiger partial charge in [0.1, 0.15) is 5.78 Å². The molecule has 0 radical (unpaired) electrons. The molecule has 1 saturated heterocycles. The molecule has 0 bridgehead atoms. The molecule has 4 fully saturated rings. The van der Waals surface area contributed by atoms with Crippen LogP contribution in [0.1, 0.15) is 89.2 Å². The molecule has 1 aliphatic heterocycles. The monoisotopic (exact) mass is 566 g/mol. The van der Waals surface area contributed by atoms with E-state index >= 15 is 0 Å². The molecule has 1 aromatic rings. The molecular weight excluding hydrogens is 520 g/mol. The second-order valence-corrected chi connectivity index (χ2v) is 14.1. The van der Waals surface area contributed by atoms with Gasteiger partial charge in [0.15, 0.2) is 0 Å². The quantitative estimate of drug-likeness (QED) is 0.430. The van der Waals surface area contributed by atoms with E-state index in [9.17, 15) is 19.5 Å². The van der Waals surface area contributed by atoms with Gasteiger partial charge in [-0.05, 0) is 96.3 Å². The summed E-state index contributed by atoms with van der Waals surface area (Å²) in [5.74, 6) is 2.00. The van der Waals surface area contributed by atoms with Gasteiger partial charge in [0, 0.05) is 39.1 Å². The third-order valence-corrected chi connectivity index (χ3v) is 12.3. The number of carbonyl (C=O) groups is 3. The van der Waals surface area contributed by atoms with Gasteiger partial charge in [-0.2, -0.15) is 0 Å². The number of hydrogen-bond donors (Lipinski definition) is 1. The second kappa shape index (κ2) is 10.6. The zero-order valence-electron chi connectivity index (χ0n) is 25.1. The number of nitrogens with zero attached hydrogens (tertiary/aromatic N) is 6. The standard InChI is InChI=1S/C31H46N6O4/c1-19(26(39)18-27(40)36-13-15-37(16-14-36)29(41)28-32-33-34-35(28)4)23-7-8-24-22-6-5-20-17-21(38)9-11-30(20,2)25(22)10-12-31(23,24)3/h5,19,21-25,38H,6-18H2,1-4H3/t19-,21+,22+,23-,24+,25+,30+,31+/m1/s1. The minimum Gasteiger partial charge on any atom is -0.393 e. The van der Waals surface area contributed by atoms with Crippen molar-refractivity contribution in [3.05, 3.63) is 17.5 Å². The molecule has 2 amide bonds. The first-order valence-electron chi connectivity index (χ1n) is 15.7. The van der Waals surface area contributed by atoms with Crippen molar-refractivity contribution in [1.82, 2.24) is 30.0 Å². The lowest BCUT2D eigenvalue weighted by Gasteiger charge is -2.58. The molecule has 4 aliphatic carbocycles. The predicted molar refractivity (Wildman–Crippen MR) is 151 cm³/mol. The van der Waals surface area contributed by atoms with Crippen LogP contribution in [0.4, 0.5) is 0 Å². The summed E-state index contributed by atoms with van der Waals surface area (Å²) in [7, 11) is 1.63. The molecule has 0 unspecified atom stereocenters. The van der Waals surface area contributed by atoms with E-state index in [4.69, 9.17) is 0 Å². The Labute approximate surface area is 242 Å². The number of amides is 2. The average Bonchev–Trinajstić information content (AvgIpc) is 3.55. The number of fused-ring (bicyclic) bond motifs is 5. The number of piperazine rings is 1. The number of hydrogen-bond acceptors (Lipinski definition) is 7. The maximum Gasteiger partial charge on any atom is 0.293 e. The van der Waals surface area contributed by atoms with E-state index < -0.39 is 0 Å². The van der Waals surface area contributed by atoms with E-state index in [1.54, 1.807) is 16.8 Å². The summed E-state index contributed by atoms with van der Waals surface area (Å²) in [4.78, 5) is 42.8. The van der Waals surface area contributed by atoms with Crippen LogP contribution < -0.4 is 0 Å². The SMILES string of the molecule is C[C@@H](C(=O)CC(=O)N1CCN(C(=O)c2nnnn2C)CC1)[C@H]1CC[C@H]2[C@@H]3CC=C4C[C@@H](O)CC[C@]4(C)[C@H]3CC[C@@]12C. The van der Waals surface area contributed by atoms with Gasteiger partial charge in [0.05, 0.1) is 12.5 Å². The highest BCUT2D eigenvalue weighted by molar-refractivity contribution is 5.99. The number of Topliss-reactive ketones (excluding diaryl/α,β-unsaturated/α-hetero) is 1. The Morgan fingerprint density at radius 2 is 1.76 bits per heavy atom. The first-order chi connectivity index (χ1) is 19.5. The zero-order chi connectivity index (χ0) is 29.1. The van der Waals surface area contributed by atoms with Crippen molar-refractivity contribution in [1.29, 1.82) is 0 Å². The van der Waals surface area contributed by atoms with Gasteiger partial charge >= 0.3 is 0 Å². The summed E-state index contributed by atoms with van der Waals surface area (Å²) in [6, 6.07) is 0. The Bertz CT molecular complexity index is 1240. The molecule has 0 spiro atoms. The summed E-state index contributed by atoms with van der Waals surface area (Å²) in [6.07, 6.45) is 10.8. The number of tetrazole rings is 1. The van der Waals surface area contributed by atoms with Gasteiger partial charge in [-0.25, -0.2) is 4.68 Å². The predicted octanol–water partition coefficient (Wildman–Crippen LogP) is 3.03. The third kappa shape index (κ3) is 4.74. The fourth-order valence-electron chi connectivity index (χ4n) is 9.86. The van der Waals surface area contributed by atoms with E-state index in [-0.39, 0.29) is 52.7 Å². The lowest BCUT2D eigenvalue weighted by molar-refractivity contribution is -0.139. The largest absolute Gasteiger partial charge is 0.393 e. The topological polar surface area (TPSA) is 122 Å². The number of aryl methyl sites for hydroxylation is 1. The minimum atomic E-state index is -0.243. The molecular formula is C31H46N6O4. The Kier molecular flexibility index (Phi) is 7.35. The van der Waals surface area contributed by atoms with Crippen molar-refractivity contribution in [2.45, 2.75) is 84.7 Å². The smallest absolute Gasteiger partial charge is 0.293 e. The van der Waals surface area contributed by atoms with Crippen LogP contribution in [0.15, 0.2) is 11.6 Å². The number of aliphatic hydroxyl groups is 1. The Balaban J connectivity index is 1.06. The van der Waals surface area contributed by atoms with Crippen LogP contribution in [0.5, 0.6) is 0 Å². The minimum absolute atomic E-state index is 0.0574. The van der Waals surface area contributed by atoms with Crippen molar-refractivity contribution in [3.63, 3.8) is 0 Å². The van der Waals surface area contributed by atoms with Gasteiger partial charge in [-0.3, -0.25) is 14.4 Å². The number of carbonyl (C=O) groups excluding carboxylic acids is 3. The molecule has 10 nitrogen and oxygen atoms in total. The van der Waals surface area contributed by atoms with Crippen molar-refractivity contribution in [3.8, 4) is 0 Å². The lowest BCUT2D eigenvalue weighted by atomic mass is 9.47. The van der Waals surface area contributed by atoms with Crippen LogP contribution in [-0.2, 0) is 16.6 Å². The number of rotatable bonds is 5. The van der Waals surface area contributed by atoms with Crippen LogP contribution in [0, 0.1) is 40.4 Å². The van der Waals surface area contributed by atoms with Gasteiger partial charge < -0.3 is 14.9 Å². The Morgan fingerprint density at radius 1 is 1.02 bits per heavy atom. The summed E-state index contributed by atoms with van der Waals surface area (Å²) < 4.78 is 1.35. The highest BCUT2D eigenvalue weighted by atomic mass is 16.3. The van der Waals surface area contributed by atoms with E-state index in [2.05, 4.69) is 42.4 Å². The molecule has 5 aliphatic rings. The van der Waals surface area contributed by atoms with E-state index in [1.165, 1.54) is 23.1 Å². The van der Waals surface area contributed by atoms with Gasteiger partial charge in [0.2, 0.25) is 11.7 Å². The van der Waals surface area contributed by atoms with Gasteiger partial charge in [-0.15, -0.1) is 5.10 Å².